The van der Waals surface area contributed by atoms with Crippen molar-refractivity contribution in [3.05, 3.63) is 30.0 Å². The molecule has 1 aliphatic heterocycles. The fourth-order valence-electron chi connectivity index (χ4n) is 5.95. The van der Waals surface area contributed by atoms with Crippen molar-refractivity contribution in [1.29, 1.82) is 0 Å². The summed E-state index contributed by atoms with van der Waals surface area (Å²) < 4.78 is 1.79. The molecule has 1 aromatic carbocycles. The molecule has 2 aliphatic carbocycles. The molecule has 1 N–H and O–H groups in total. The van der Waals surface area contributed by atoms with Crippen molar-refractivity contribution in [1.82, 2.24) is 20.0 Å². The van der Waals surface area contributed by atoms with Gasteiger partial charge in [-0.25, -0.2) is 0 Å². The van der Waals surface area contributed by atoms with E-state index in [9.17, 15) is 4.79 Å². The van der Waals surface area contributed by atoms with Crippen LogP contribution in [0.2, 0.25) is 0 Å². The number of aromatic nitrogens is 2. The Labute approximate surface area is 142 Å². The highest BCUT2D eigenvalue weighted by molar-refractivity contribution is 6.04. The normalized spacial score (nSPS) is 34.8. The minimum absolute atomic E-state index is 0.0216. The molecule has 126 valence electrons. The lowest BCUT2D eigenvalue weighted by Crippen LogP contribution is -2.64. The van der Waals surface area contributed by atoms with E-state index in [1.807, 2.05) is 31.3 Å². The number of fused-ring (bicyclic) bond motifs is 1. The van der Waals surface area contributed by atoms with Gasteiger partial charge in [0, 0.05) is 36.0 Å². The third-order valence-corrected chi connectivity index (χ3v) is 6.87. The van der Waals surface area contributed by atoms with Crippen LogP contribution in [0.4, 0.5) is 0 Å². The topological polar surface area (TPSA) is 50.2 Å². The van der Waals surface area contributed by atoms with E-state index in [1.54, 1.807) is 4.68 Å². The zero-order valence-corrected chi connectivity index (χ0v) is 14.3. The molecule has 3 fully saturated rings. The van der Waals surface area contributed by atoms with E-state index in [1.165, 1.54) is 19.3 Å². The van der Waals surface area contributed by atoms with Crippen LogP contribution in [0.3, 0.4) is 0 Å². The molecule has 0 radical (unpaired) electrons. The Morgan fingerprint density at radius 1 is 1.29 bits per heavy atom. The fraction of sp³-hybridized carbons (Fsp3) is 0.579. The van der Waals surface area contributed by atoms with Crippen LogP contribution in [0.15, 0.2) is 24.3 Å². The largest absolute Gasteiger partial charge is 0.348 e. The Kier molecular flexibility index (Phi) is 2.90. The maximum Gasteiger partial charge on any atom is 0.272 e. The lowest BCUT2D eigenvalue weighted by Gasteiger charge is -2.57. The van der Waals surface area contributed by atoms with Gasteiger partial charge >= 0.3 is 0 Å². The Morgan fingerprint density at radius 3 is 3.00 bits per heavy atom. The number of benzene rings is 1. The molecular formula is C19H24N4O. The van der Waals surface area contributed by atoms with Gasteiger partial charge in [-0.15, -0.1) is 0 Å². The predicted octanol–water partition coefficient (Wildman–Crippen LogP) is 2.32. The molecule has 5 nitrogen and oxygen atoms in total. The number of amides is 1. The van der Waals surface area contributed by atoms with Gasteiger partial charge in [-0.3, -0.25) is 14.4 Å². The Balaban J connectivity index is 1.38. The van der Waals surface area contributed by atoms with Gasteiger partial charge in [-0.05, 0) is 38.8 Å². The minimum atomic E-state index is -0.0216. The maximum atomic E-state index is 12.8. The van der Waals surface area contributed by atoms with E-state index in [0.29, 0.717) is 17.2 Å². The number of nitrogens with zero attached hydrogens (tertiary/aromatic N) is 3. The molecule has 0 bridgehead atoms. The van der Waals surface area contributed by atoms with Gasteiger partial charge < -0.3 is 5.32 Å². The Hall–Kier alpha value is -1.88. The summed E-state index contributed by atoms with van der Waals surface area (Å²) in [7, 11) is 4.15. The van der Waals surface area contributed by atoms with Crippen molar-refractivity contribution in [2.45, 2.75) is 50.2 Å². The van der Waals surface area contributed by atoms with E-state index in [0.717, 1.165) is 29.8 Å². The zero-order chi connectivity index (χ0) is 16.5. The second kappa shape index (κ2) is 4.82. The van der Waals surface area contributed by atoms with Gasteiger partial charge in [0.1, 0.15) is 0 Å². The van der Waals surface area contributed by atoms with Crippen LogP contribution in [0.25, 0.3) is 10.9 Å². The van der Waals surface area contributed by atoms with E-state index < -0.39 is 0 Å². The van der Waals surface area contributed by atoms with Crippen molar-refractivity contribution in [2.75, 3.05) is 7.05 Å². The number of hydrogen-bond acceptors (Lipinski definition) is 3. The number of para-hydroxylation sites is 1. The lowest BCUT2D eigenvalue weighted by atomic mass is 9.68. The van der Waals surface area contributed by atoms with Gasteiger partial charge in [0.15, 0.2) is 5.69 Å². The highest BCUT2D eigenvalue weighted by Gasteiger charge is 2.64. The quantitative estimate of drug-likeness (QED) is 0.922. The molecule has 2 saturated carbocycles. The monoisotopic (exact) mass is 324 g/mol. The van der Waals surface area contributed by atoms with Gasteiger partial charge in [-0.2, -0.15) is 5.10 Å². The van der Waals surface area contributed by atoms with Crippen LogP contribution >= 0.6 is 0 Å². The Bertz CT molecular complexity index is 828. The molecule has 2 aromatic rings. The molecule has 1 saturated heterocycles. The summed E-state index contributed by atoms with van der Waals surface area (Å²) >= 11 is 0. The molecule has 5 rings (SSSR count). The molecular weight excluding hydrogens is 300 g/mol. The zero-order valence-electron chi connectivity index (χ0n) is 14.3. The first-order valence-corrected chi connectivity index (χ1v) is 9.05. The SMILES string of the molecule is CN1C2CCCC23CC(NC(=O)c2nn(C)c4ccccc24)CC13. The highest BCUT2D eigenvalue weighted by atomic mass is 16.2. The first-order chi connectivity index (χ1) is 11.6. The molecule has 3 aliphatic rings. The second-order valence-corrected chi connectivity index (χ2v) is 7.92. The van der Waals surface area contributed by atoms with Crippen LogP contribution in [-0.4, -0.2) is 45.8 Å². The van der Waals surface area contributed by atoms with Crippen LogP contribution in [0, 0.1) is 5.41 Å². The molecule has 5 heteroatoms. The third kappa shape index (κ3) is 1.73. The van der Waals surface area contributed by atoms with Crippen molar-refractivity contribution in [2.24, 2.45) is 12.5 Å². The summed E-state index contributed by atoms with van der Waals surface area (Å²) in [6.45, 7) is 0. The first kappa shape index (κ1) is 14.5. The molecule has 24 heavy (non-hydrogen) atoms. The van der Waals surface area contributed by atoms with Crippen LogP contribution < -0.4 is 5.32 Å². The van der Waals surface area contributed by atoms with Crippen molar-refractivity contribution < 1.29 is 4.79 Å². The summed E-state index contributed by atoms with van der Waals surface area (Å²) in [6, 6.07) is 9.63. The standard InChI is InChI=1S/C19H24N4O/c1-22-15-8-5-9-19(15)11-12(10-16(19)22)20-18(24)17-13-6-3-4-7-14(13)23(2)21-17/h3-4,6-7,12,15-16H,5,8-11H2,1-2H3,(H,20,24). The summed E-state index contributed by atoms with van der Waals surface area (Å²) in [5.41, 5.74) is 2.04. The molecule has 4 unspecified atom stereocenters. The van der Waals surface area contributed by atoms with E-state index >= 15 is 0 Å². The Morgan fingerprint density at radius 2 is 2.12 bits per heavy atom. The van der Waals surface area contributed by atoms with Gasteiger partial charge in [-0.1, -0.05) is 24.6 Å². The van der Waals surface area contributed by atoms with E-state index in [4.69, 9.17) is 0 Å². The average molecular weight is 324 g/mol. The van der Waals surface area contributed by atoms with Gasteiger partial charge in [0.2, 0.25) is 0 Å². The van der Waals surface area contributed by atoms with E-state index in [-0.39, 0.29) is 11.9 Å². The molecule has 1 aromatic heterocycles. The number of nitrogens with one attached hydrogen (secondary N) is 1. The molecule has 1 spiro atoms. The molecule has 1 amide bonds. The van der Waals surface area contributed by atoms with E-state index in [2.05, 4.69) is 22.4 Å². The van der Waals surface area contributed by atoms with Crippen molar-refractivity contribution in [3.8, 4) is 0 Å². The second-order valence-electron chi connectivity index (χ2n) is 7.92. The number of rotatable bonds is 2. The summed E-state index contributed by atoms with van der Waals surface area (Å²) in [4.78, 5) is 15.4. The first-order valence-electron chi connectivity index (χ1n) is 9.05. The smallest absolute Gasteiger partial charge is 0.272 e. The van der Waals surface area contributed by atoms with Crippen LogP contribution in [0.1, 0.15) is 42.6 Å². The lowest BCUT2D eigenvalue weighted by molar-refractivity contribution is -0.0805. The number of aryl methyl sites for hydroxylation is 1. The fourth-order valence-corrected chi connectivity index (χ4v) is 5.95. The molecule has 2 heterocycles. The number of carbonyl (C=O) groups excluding carboxylic acids is 1. The highest BCUT2D eigenvalue weighted by Crippen LogP contribution is 2.61. The van der Waals surface area contributed by atoms with Gasteiger partial charge in [0.25, 0.3) is 5.91 Å². The number of carbonyl (C=O) groups is 1. The summed E-state index contributed by atoms with van der Waals surface area (Å²) in [6.07, 6.45) is 6.24. The maximum absolute atomic E-state index is 12.8. The average Bonchev–Trinajstić information content (AvgIpc) is 3.22. The third-order valence-electron chi connectivity index (χ3n) is 6.87. The van der Waals surface area contributed by atoms with Gasteiger partial charge in [0.05, 0.1) is 5.52 Å². The minimum Gasteiger partial charge on any atom is -0.348 e. The van der Waals surface area contributed by atoms with Crippen molar-refractivity contribution in [3.63, 3.8) is 0 Å². The summed E-state index contributed by atoms with van der Waals surface area (Å²) in [5, 5.41) is 8.68. The van der Waals surface area contributed by atoms with Crippen LogP contribution in [-0.2, 0) is 7.05 Å². The summed E-state index contributed by atoms with van der Waals surface area (Å²) in [5.74, 6) is -0.0216. The number of hydrogen-bond donors (Lipinski definition) is 1. The van der Waals surface area contributed by atoms with Crippen LogP contribution in [0.5, 0.6) is 0 Å². The molecule has 4 atom stereocenters. The van der Waals surface area contributed by atoms with Crippen molar-refractivity contribution >= 4 is 16.8 Å². The predicted molar refractivity (Wildman–Crippen MR) is 92.8 cm³/mol. The number of likely N-dealkylation sites (tertiary alicyclic amines) is 1.